The van der Waals surface area contributed by atoms with Crippen LogP contribution in [-0.2, 0) is 9.05 Å². The molecule has 2 rings (SSSR count). The number of rotatable bonds is 4. The SMILES string of the molecule is Cc1cc(S(=O)(=O)Cl)ccc1OCC1CCCC1. The lowest BCUT2D eigenvalue weighted by molar-refractivity contribution is 0.250. The molecule has 0 N–H and O–H groups in total. The molecule has 0 atom stereocenters. The minimum absolute atomic E-state index is 0.120. The summed E-state index contributed by atoms with van der Waals surface area (Å²) in [7, 11) is 1.64. The molecule has 18 heavy (non-hydrogen) atoms. The number of benzene rings is 1. The number of halogens is 1. The smallest absolute Gasteiger partial charge is 0.261 e. The second-order valence-electron chi connectivity index (χ2n) is 4.83. The van der Waals surface area contributed by atoms with E-state index < -0.39 is 9.05 Å². The molecule has 0 radical (unpaired) electrons. The average molecular weight is 289 g/mol. The fourth-order valence-corrected chi connectivity index (χ4v) is 3.16. The summed E-state index contributed by atoms with van der Waals surface area (Å²) in [5.74, 6) is 1.38. The highest BCUT2D eigenvalue weighted by Gasteiger charge is 2.16. The van der Waals surface area contributed by atoms with Crippen LogP contribution in [0.2, 0.25) is 0 Å². The number of hydrogen-bond acceptors (Lipinski definition) is 3. The molecule has 3 nitrogen and oxygen atoms in total. The van der Waals surface area contributed by atoms with Gasteiger partial charge in [-0.3, -0.25) is 0 Å². The molecule has 1 aliphatic rings. The molecule has 5 heteroatoms. The van der Waals surface area contributed by atoms with E-state index in [9.17, 15) is 8.42 Å². The maximum atomic E-state index is 11.2. The van der Waals surface area contributed by atoms with Gasteiger partial charge in [0.25, 0.3) is 9.05 Å². The van der Waals surface area contributed by atoms with E-state index in [0.717, 1.165) is 11.3 Å². The van der Waals surface area contributed by atoms with Crippen LogP contribution in [0.15, 0.2) is 23.1 Å². The molecule has 1 aromatic carbocycles. The third kappa shape index (κ3) is 3.39. The lowest BCUT2D eigenvalue weighted by Gasteiger charge is -2.13. The molecule has 1 aliphatic carbocycles. The minimum atomic E-state index is -3.66. The Balaban J connectivity index is 2.05. The van der Waals surface area contributed by atoms with Crippen LogP contribution in [0.5, 0.6) is 5.75 Å². The fourth-order valence-electron chi connectivity index (χ4n) is 2.32. The van der Waals surface area contributed by atoms with Gasteiger partial charge in [0.15, 0.2) is 0 Å². The lowest BCUT2D eigenvalue weighted by atomic mass is 10.1. The quantitative estimate of drug-likeness (QED) is 0.797. The molecule has 0 bridgehead atoms. The first-order valence-corrected chi connectivity index (χ1v) is 8.46. The molecule has 100 valence electrons. The molecule has 0 unspecified atom stereocenters. The van der Waals surface area contributed by atoms with Crippen LogP contribution < -0.4 is 4.74 Å². The Hall–Kier alpha value is -0.740. The van der Waals surface area contributed by atoms with Gasteiger partial charge < -0.3 is 4.74 Å². The fraction of sp³-hybridized carbons (Fsp3) is 0.538. The van der Waals surface area contributed by atoms with E-state index in [1.54, 1.807) is 12.1 Å². The van der Waals surface area contributed by atoms with Crippen LogP contribution >= 0.6 is 10.7 Å². The molecular weight excluding hydrogens is 272 g/mol. The first kappa shape index (κ1) is 13.7. The van der Waals surface area contributed by atoms with E-state index in [4.69, 9.17) is 15.4 Å². The van der Waals surface area contributed by atoms with Crippen molar-refractivity contribution in [1.82, 2.24) is 0 Å². The van der Waals surface area contributed by atoms with Gasteiger partial charge in [0, 0.05) is 10.7 Å². The van der Waals surface area contributed by atoms with Crippen LogP contribution in [0.1, 0.15) is 31.2 Å². The van der Waals surface area contributed by atoms with Crippen molar-refractivity contribution in [3.05, 3.63) is 23.8 Å². The second kappa shape index (κ2) is 5.49. The summed E-state index contributed by atoms with van der Waals surface area (Å²) < 4.78 is 28.1. The molecule has 0 aromatic heterocycles. The van der Waals surface area contributed by atoms with Crippen molar-refractivity contribution >= 4 is 19.7 Å². The Bertz CT molecular complexity index is 519. The van der Waals surface area contributed by atoms with Crippen LogP contribution in [0.25, 0.3) is 0 Å². The summed E-state index contributed by atoms with van der Waals surface area (Å²) in [5.41, 5.74) is 0.801. The second-order valence-corrected chi connectivity index (χ2v) is 7.39. The molecule has 1 aromatic rings. The first-order valence-electron chi connectivity index (χ1n) is 6.15. The van der Waals surface area contributed by atoms with Crippen molar-refractivity contribution in [2.24, 2.45) is 5.92 Å². The highest BCUT2D eigenvalue weighted by Crippen LogP contribution is 2.28. The van der Waals surface area contributed by atoms with Crippen LogP contribution in [0.4, 0.5) is 0 Å². The normalized spacial score (nSPS) is 17.0. The maximum absolute atomic E-state index is 11.2. The van der Waals surface area contributed by atoms with E-state index in [-0.39, 0.29) is 4.90 Å². The Morgan fingerprint density at radius 3 is 2.56 bits per heavy atom. The Labute approximate surface area is 113 Å². The van der Waals surface area contributed by atoms with Gasteiger partial charge in [-0.15, -0.1) is 0 Å². The van der Waals surface area contributed by atoms with Gasteiger partial charge in [0.1, 0.15) is 5.75 Å². The molecule has 1 saturated carbocycles. The first-order chi connectivity index (χ1) is 8.47. The van der Waals surface area contributed by atoms with E-state index in [1.165, 1.54) is 31.7 Å². The summed E-state index contributed by atoms with van der Waals surface area (Å²) in [6.07, 6.45) is 5.03. The van der Waals surface area contributed by atoms with Crippen molar-refractivity contribution in [2.75, 3.05) is 6.61 Å². The van der Waals surface area contributed by atoms with Crippen LogP contribution in [0.3, 0.4) is 0 Å². The lowest BCUT2D eigenvalue weighted by Crippen LogP contribution is -2.08. The molecule has 1 fully saturated rings. The molecule has 0 spiro atoms. The van der Waals surface area contributed by atoms with Crippen LogP contribution in [-0.4, -0.2) is 15.0 Å². The molecule has 0 saturated heterocycles. The van der Waals surface area contributed by atoms with Crippen molar-refractivity contribution in [3.8, 4) is 5.75 Å². The van der Waals surface area contributed by atoms with Gasteiger partial charge in [-0.2, -0.15) is 0 Å². The topological polar surface area (TPSA) is 43.4 Å². The van der Waals surface area contributed by atoms with E-state index in [0.29, 0.717) is 12.5 Å². The Morgan fingerprint density at radius 1 is 1.33 bits per heavy atom. The van der Waals surface area contributed by atoms with Gasteiger partial charge >= 0.3 is 0 Å². The summed E-state index contributed by atoms with van der Waals surface area (Å²) in [5, 5.41) is 0. The highest BCUT2D eigenvalue weighted by atomic mass is 35.7. The minimum Gasteiger partial charge on any atom is -0.493 e. The van der Waals surface area contributed by atoms with Gasteiger partial charge in [-0.1, -0.05) is 12.8 Å². The van der Waals surface area contributed by atoms with Crippen LogP contribution in [0, 0.1) is 12.8 Å². The number of ether oxygens (including phenoxy) is 1. The highest BCUT2D eigenvalue weighted by molar-refractivity contribution is 8.13. The van der Waals surface area contributed by atoms with Gasteiger partial charge in [-0.25, -0.2) is 8.42 Å². The number of hydrogen-bond donors (Lipinski definition) is 0. The summed E-state index contributed by atoms with van der Waals surface area (Å²) in [6, 6.07) is 4.71. The molecular formula is C13H17ClO3S. The zero-order valence-corrected chi connectivity index (χ0v) is 11.9. The van der Waals surface area contributed by atoms with E-state index in [2.05, 4.69) is 0 Å². The van der Waals surface area contributed by atoms with Gasteiger partial charge in [-0.05, 0) is 49.4 Å². The van der Waals surface area contributed by atoms with Gasteiger partial charge in [0.05, 0.1) is 11.5 Å². The monoisotopic (exact) mass is 288 g/mol. The van der Waals surface area contributed by atoms with Crippen molar-refractivity contribution in [3.63, 3.8) is 0 Å². The van der Waals surface area contributed by atoms with Crippen molar-refractivity contribution in [2.45, 2.75) is 37.5 Å². The third-order valence-electron chi connectivity index (χ3n) is 3.38. The predicted octanol–water partition coefficient (Wildman–Crippen LogP) is 3.49. The average Bonchev–Trinajstić information content (AvgIpc) is 2.79. The largest absolute Gasteiger partial charge is 0.493 e. The predicted molar refractivity (Wildman–Crippen MR) is 71.7 cm³/mol. The summed E-state index contributed by atoms with van der Waals surface area (Å²) in [4.78, 5) is 0.120. The van der Waals surface area contributed by atoms with Crippen molar-refractivity contribution < 1.29 is 13.2 Å². The van der Waals surface area contributed by atoms with E-state index in [1.807, 2.05) is 6.92 Å². The molecule has 0 amide bonds. The molecule has 0 heterocycles. The Morgan fingerprint density at radius 2 is 2.00 bits per heavy atom. The third-order valence-corrected chi connectivity index (χ3v) is 4.73. The Kier molecular flexibility index (Phi) is 4.17. The molecule has 0 aliphatic heterocycles. The zero-order valence-electron chi connectivity index (χ0n) is 10.4. The number of aryl methyl sites for hydroxylation is 1. The maximum Gasteiger partial charge on any atom is 0.261 e. The van der Waals surface area contributed by atoms with E-state index >= 15 is 0 Å². The van der Waals surface area contributed by atoms with Crippen molar-refractivity contribution in [1.29, 1.82) is 0 Å². The standard InChI is InChI=1S/C13H17ClO3S/c1-10-8-12(18(14,15)16)6-7-13(10)17-9-11-4-2-3-5-11/h6-8,11H,2-5,9H2,1H3. The van der Waals surface area contributed by atoms with Gasteiger partial charge in [0.2, 0.25) is 0 Å². The zero-order chi connectivity index (χ0) is 13.2. The summed E-state index contributed by atoms with van der Waals surface area (Å²) >= 11 is 0. The summed E-state index contributed by atoms with van der Waals surface area (Å²) in [6.45, 7) is 2.55.